The Labute approximate surface area is 176 Å². The average Bonchev–Trinajstić information content (AvgIpc) is 3.27. The van der Waals surface area contributed by atoms with Gasteiger partial charge < -0.3 is 9.30 Å². The van der Waals surface area contributed by atoms with Gasteiger partial charge >= 0.3 is 0 Å². The van der Waals surface area contributed by atoms with Crippen molar-refractivity contribution in [3.63, 3.8) is 0 Å². The molecule has 30 heavy (non-hydrogen) atoms. The highest BCUT2D eigenvalue weighted by molar-refractivity contribution is 7.16. The maximum absolute atomic E-state index is 12.9. The van der Waals surface area contributed by atoms with Crippen molar-refractivity contribution in [1.29, 1.82) is 0 Å². The van der Waals surface area contributed by atoms with Crippen LogP contribution in [-0.2, 0) is 16.1 Å². The van der Waals surface area contributed by atoms with Crippen LogP contribution < -0.4 is 14.4 Å². The van der Waals surface area contributed by atoms with Gasteiger partial charge in [-0.15, -0.1) is 6.42 Å². The third kappa shape index (κ3) is 3.40. The zero-order valence-corrected chi connectivity index (χ0v) is 16.9. The molecule has 0 atom stereocenters. The zero-order chi connectivity index (χ0) is 21.3. The topological polar surface area (TPSA) is 81.0 Å². The van der Waals surface area contributed by atoms with Crippen LogP contribution in [0.1, 0.15) is 23.2 Å². The molecule has 4 rings (SSSR count). The van der Waals surface area contributed by atoms with E-state index in [4.69, 9.17) is 11.2 Å². The van der Waals surface area contributed by atoms with Gasteiger partial charge in [-0.2, -0.15) is 4.99 Å². The fraction of sp³-hybridized carbons (Fsp3) is 0.182. The number of benzene rings is 2. The SMILES string of the molecule is C#CCn1c(=NC(=O)c2cccc(N3C(=O)CCC3=O)c2)sc2cccc(OC)c21. The van der Waals surface area contributed by atoms with Crippen molar-refractivity contribution in [2.75, 3.05) is 12.0 Å². The van der Waals surface area contributed by atoms with E-state index in [-0.39, 0.29) is 36.8 Å². The number of hydrogen-bond acceptors (Lipinski definition) is 5. The number of hydrogen-bond donors (Lipinski definition) is 0. The van der Waals surface area contributed by atoms with Crippen LogP contribution in [0.25, 0.3) is 10.2 Å². The highest BCUT2D eigenvalue weighted by Gasteiger charge is 2.30. The van der Waals surface area contributed by atoms with Crippen LogP contribution in [-0.4, -0.2) is 29.4 Å². The molecule has 0 radical (unpaired) electrons. The molecule has 2 aromatic carbocycles. The Kier molecular flexibility index (Phi) is 5.21. The number of methoxy groups -OCH3 is 1. The summed E-state index contributed by atoms with van der Waals surface area (Å²) in [6, 6.07) is 11.9. The zero-order valence-electron chi connectivity index (χ0n) is 16.1. The van der Waals surface area contributed by atoms with Crippen molar-refractivity contribution in [1.82, 2.24) is 4.57 Å². The summed E-state index contributed by atoms with van der Waals surface area (Å²) in [6.07, 6.45) is 5.88. The third-order valence-electron chi connectivity index (χ3n) is 4.73. The molecule has 0 N–H and O–H groups in total. The second-order valence-corrected chi connectivity index (χ2v) is 7.58. The van der Waals surface area contributed by atoms with Crippen molar-refractivity contribution in [3.05, 3.63) is 52.8 Å². The van der Waals surface area contributed by atoms with Crippen LogP contribution in [0.3, 0.4) is 0 Å². The second kappa shape index (κ2) is 7.97. The fourth-order valence-corrected chi connectivity index (χ4v) is 4.42. The van der Waals surface area contributed by atoms with Gasteiger partial charge in [0.1, 0.15) is 11.3 Å². The van der Waals surface area contributed by atoms with Gasteiger partial charge in [0.15, 0.2) is 4.80 Å². The Morgan fingerprint density at radius 3 is 2.63 bits per heavy atom. The van der Waals surface area contributed by atoms with Gasteiger partial charge in [0.05, 0.1) is 24.0 Å². The summed E-state index contributed by atoms with van der Waals surface area (Å²) >= 11 is 1.33. The van der Waals surface area contributed by atoms with Gasteiger partial charge in [-0.3, -0.25) is 19.3 Å². The Hall–Kier alpha value is -3.70. The van der Waals surface area contributed by atoms with Gasteiger partial charge in [-0.1, -0.05) is 29.4 Å². The highest BCUT2D eigenvalue weighted by atomic mass is 32.1. The number of para-hydroxylation sites is 1. The molecule has 0 saturated carbocycles. The van der Waals surface area contributed by atoms with Crippen LogP contribution in [0.4, 0.5) is 5.69 Å². The molecule has 0 aliphatic carbocycles. The number of terminal acetylenes is 1. The first-order valence-corrected chi connectivity index (χ1v) is 10.00. The molecule has 0 unspecified atom stereocenters. The normalized spacial score (nSPS) is 14.4. The van der Waals surface area contributed by atoms with Crippen LogP contribution in [0.5, 0.6) is 5.75 Å². The first-order valence-electron chi connectivity index (χ1n) is 9.18. The number of amides is 3. The Bertz CT molecular complexity index is 1280. The van der Waals surface area contributed by atoms with E-state index in [9.17, 15) is 14.4 Å². The van der Waals surface area contributed by atoms with E-state index < -0.39 is 5.91 Å². The lowest BCUT2D eigenvalue weighted by molar-refractivity contribution is -0.121. The largest absolute Gasteiger partial charge is 0.495 e. The number of imide groups is 1. The minimum absolute atomic E-state index is 0.178. The standard InChI is InChI=1S/C22H17N3O4S/c1-3-12-24-20-16(29-2)8-5-9-17(20)30-22(24)23-21(28)14-6-4-7-15(13-14)25-18(26)10-11-19(25)27/h1,4-9,13H,10-12H2,2H3. The van der Waals surface area contributed by atoms with E-state index in [1.54, 1.807) is 29.9 Å². The second-order valence-electron chi connectivity index (χ2n) is 6.57. The molecule has 1 aliphatic heterocycles. The summed E-state index contributed by atoms with van der Waals surface area (Å²) in [5, 5.41) is 0. The fourth-order valence-electron chi connectivity index (χ4n) is 3.38. The average molecular weight is 419 g/mol. The molecule has 0 bridgehead atoms. The van der Waals surface area contributed by atoms with Gasteiger partial charge in [-0.05, 0) is 30.3 Å². The minimum atomic E-state index is -0.493. The number of carbonyl (C=O) groups excluding carboxylic acids is 3. The number of nitrogens with zero attached hydrogens (tertiary/aromatic N) is 3. The van der Waals surface area contributed by atoms with Crippen molar-refractivity contribution in [2.45, 2.75) is 19.4 Å². The van der Waals surface area contributed by atoms with Crippen LogP contribution >= 0.6 is 11.3 Å². The molecule has 1 fully saturated rings. The predicted octanol–water partition coefficient (Wildman–Crippen LogP) is 2.74. The molecule has 2 heterocycles. The summed E-state index contributed by atoms with van der Waals surface area (Å²) in [5.41, 5.74) is 1.42. The number of ether oxygens (including phenoxy) is 1. The maximum atomic E-state index is 12.9. The first-order chi connectivity index (χ1) is 14.5. The lowest BCUT2D eigenvalue weighted by Crippen LogP contribution is -2.28. The molecule has 1 saturated heterocycles. The number of fused-ring (bicyclic) bond motifs is 1. The minimum Gasteiger partial charge on any atom is -0.495 e. The van der Waals surface area contributed by atoms with Crippen molar-refractivity contribution >= 4 is 45.0 Å². The molecule has 8 heteroatoms. The number of carbonyl (C=O) groups is 3. The summed E-state index contributed by atoms with van der Waals surface area (Å²) < 4.78 is 8.08. The van der Waals surface area contributed by atoms with Gasteiger partial charge in [-0.25, -0.2) is 0 Å². The van der Waals surface area contributed by atoms with Crippen molar-refractivity contribution in [3.8, 4) is 18.1 Å². The lowest BCUT2D eigenvalue weighted by Gasteiger charge is -2.14. The molecular formula is C22H17N3O4S. The lowest BCUT2D eigenvalue weighted by atomic mass is 10.2. The van der Waals surface area contributed by atoms with Gasteiger partial charge in [0.25, 0.3) is 5.91 Å². The van der Waals surface area contributed by atoms with E-state index in [0.29, 0.717) is 16.2 Å². The Morgan fingerprint density at radius 1 is 1.20 bits per heavy atom. The number of aromatic nitrogens is 1. The molecule has 1 aliphatic rings. The third-order valence-corrected chi connectivity index (χ3v) is 5.78. The Balaban J connectivity index is 1.79. The van der Waals surface area contributed by atoms with E-state index in [1.165, 1.54) is 17.4 Å². The van der Waals surface area contributed by atoms with E-state index in [0.717, 1.165) is 15.1 Å². The monoisotopic (exact) mass is 419 g/mol. The summed E-state index contributed by atoms with van der Waals surface area (Å²) in [6.45, 7) is 0.226. The molecule has 3 amide bonds. The summed E-state index contributed by atoms with van der Waals surface area (Å²) in [4.78, 5) is 42.7. The molecule has 0 spiro atoms. The van der Waals surface area contributed by atoms with Crippen LogP contribution in [0, 0.1) is 12.3 Å². The number of rotatable bonds is 4. The van der Waals surface area contributed by atoms with Crippen molar-refractivity contribution < 1.29 is 19.1 Å². The predicted molar refractivity (Wildman–Crippen MR) is 113 cm³/mol. The molecular weight excluding hydrogens is 402 g/mol. The smallest absolute Gasteiger partial charge is 0.279 e. The quantitative estimate of drug-likeness (QED) is 0.481. The Morgan fingerprint density at radius 2 is 1.93 bits per heavy atom. The molecule has 3 aromatic rings. The highest BCUT2D eigenvalue weighted by Crippen LogP contribution is 2.27. The van der Waals surface area contributed by atoms with Gasteiger partial charge in [0.2, 0.25) is 11.8 Å². The number of thiazole rings is 1. The first kappa shape index (κ1) is 19.6. The summed E-state index contributed by atoms with van der Waals surface area (Å²) in [5.74, 6) is 2.18. The number of anilines is 1. The van der Waals surface area contributed by atoms with Crippen molar-refractivity contribution in [2.24, 2.45) is 4.99 Å². The van der Waals surface area contributed by atoms with E-state index >= 15 is 0 Å². The van der Waals surface area contributed by atoms with E-state index in [2.05, 4.69) is 10.9 Å². The van der Waals surface area contributed by atoms with Gasteiger partial charge in [0, 0.05) is 18.4 Å². The molecule has 150 valence electrons. The van der Waals surface area contributed by atoms with E-state index in [1.807, 2.05) is 18.2 Å². The summed E-state index contributed by atoms with van der Waals surface area (Å²) in [7, 11) is 1.57. The van der Waals surface area contributed by atoms with Crippen LogP contribution in [0.15, 0.2) is 47.5 Å². The van der Waals surface area contributed by atoms with Crippen LogP contribution in [0.2, 0.25) is 0 Å². The molecule has 1 aromatic heterocycles. The molecule has 7 nitrogen and oxygen atoms in total. The maximum Gasteiger partial charge on any atom is 0.279 e.